The summed E-state index contributed by atoms with van der Waals surface area (Å²) in [5, 5.41) is 3.37. The molecule has 1 saturated carbocycles. The summed E-state index contributed by atoms with van der Waals surface area (Å²) in [4.78, 5) is 1.45. The van der Waals surface area contributed by atoms with Gasteiger partial charge in [-0.25, -0.2) is 0 Å². The van der Waals surface area contributed by atoms with Gasteiger partial charge in [0.05, 0.1) is 4.34 Å². The molecule has 15 heavy (non-hydrogen) atoms. The van der Waals surface area contributed by atoms with Crippen LogP contribution in [-0.2, 0) is 6.42 Å². The van der Waals surface area contributed by atoms with Gasteiger partial charge in [-0.3, -0.25) is 0 Å². The topological polar surface area (TPSA) is 12.0 Å². The van der Waals surface area contributed by atoms with Crippen molar-refractivity contribution in [3.05, 3.63) is 21.3 Å². The van der Waals surface area contributed by atoms with E-state index in [1.165, 1.54) is 37.0 Å². The molecule has 0 saturated heterocycles. The van der Waals surface area contributed by atoms with Crippen LogP contribution in [0.2, 0.25) is 4.34 Å². The summed E-state index contributed by atoms with van der Waals surface area (Å²) in [5.41, 5.74) is 0. The molecule has 0 aromatic carbocycles. The monoisotopic (exact) mass is 243 g/mol. The highest BCUT2D eigenvalue weighted by Gasteiger charge is 2.20. The van der Waals surface area contributed by atoms with Gasteiger partial charge in [0.1, 0.15) is 0 Å². The molecule has 1 nitrogen and oxygen atoms in total. The molecular formula is C12H18ClNS. The average molecular weight is 244 g/mol. The first-order valence-corrected chi connectivity index (χ1v) is 6.89. The lowest BCUT2D eigenvalue weighted by molar-refractivity contribution is 0.301. The van der Waals surface area contributed by atoms with E-state index in [9.17, 15) is 0 Å². The second-order valence-corrected chi connectivity index (χ2v) is 6.22. The number of nitrogens with one attached hydrogen (secondary N) is 1. The van der Waals surface area contributed by atoms with Crippen LogP contribution in [-0.4, -0.2) is 13.1 Å². The van der Waals surface area contributed by atoms with Crippen molar-refractivity contribution < 1.29 is 0 Å². The van der Waals surface area contributed by atoms with E-state index in [4.69, 9.17) is 11.6 Å². The number of hydrogen-bond acceptors (Lipinski definition) is 2. The van der Waals surface area contributed by atoms with Crippen molar-refractivity contribution in [2.45, 2.75) is 38.1 Å². The van der Waals surface area contributed by atoms with Crippen LogP contribution in [0.5, 0.6) is 0 Å². The lowest BCUT2D eigenvalue weighted by Gasteiger charge is -2.27. The van der Waals surface area contributed by atoms with Crippen LogP contribution >= 0.6 is 22.9 Å². The van der Waals surface area contributed by atoms with Crippen LogP contribution in [0.3, 0.4) is 0 Å². The van der Waals surface area contributed by atoms with Gasteiger partial charge >= 0.3 is 0 Å². The minimum atomic E-state index is 0.758. The second-order valence-electron chi connectivity index (χ2n) is 4.42. The van der Waals surface area contributed by atoms with Gasteiger partial charge in [0.25, 0.3) is 0 Å². The first kappa shape index (κ1) is 11.4. The summed E-state index contributed by atoms with van der Waals surface area (Å²) in [6.45, 7) is 0. The summed E-state index contributed by atoms with van der Waals surface area (Å²) in [5.74, 6) is 0.879. The number of hydrogen-bond donors (Lipinski definition) is 1. The fraction of sp³-hybridized carbons (Fsp3) is 0.667. The summed E-state index contributed by atoms with van der Waals surface area (Å²) in [6, 6.07) is 4.95. The Morgan fingerprint density at radius 2 is 2.07 bits per heavy atom. The molecule has 0 unspecified atom stereocenters. The standard InChI is InChI=1S/C12H18ClNS/c1-14-10-4-2-9(3-5-10)8-11-6-7-12(13)15-11/h6-7,9-10,14H,2-5,8H2,1H3. The van der Waals surface area contributed by atoms with Gasteiger partial charge in [-0.1, -0.05) is 11.6 Å². The van der Waals surface area contributed by atoms with Crippen LogP contribution in [0, 0.1) is 5.92 Å². The van der Waals surface area contributed by atoms with Gasteiger partial charge in [-0.2, -0.15) is 0 Å². The molecule has 1 aromatic rings. The Balaban J connectivity index is 1.82. The van der Waals surface area contributed by atoms with Gasteiger partial charge in [0, 0.05) is 10.9 Å². The number of rotatable bonds is 3. The van der Waals surface area contributed by atoms with Gasteiger partial charge in [-0.15, -0.1) is 11.3 Å². The first-order valence-electron chi connectivity index (χ1n) is 5.69. The predicted octanol–water partition coefficient (Wildman–Crippen LogP) is 3.72. The van der Waals surface area contributed by atoms with Gasteiger partial charge in [-0.05, 0) is 57.2 Å². The molecule has 3 heteroatoms. The lowest BCUT2D eigenvalue weighted by Crippen LogP contribution is -2.30. The smallest absolute Gasteiger partial charge is 0.0931 e. The van der Waals surface area contributed by atoms with E-state index in [0.29, 0.717) is 0 Å². The largest absolute Gasteiger partial charge is 0.317 e. The molecule has 84 valence electrons. The minimum Gasteiger partial charge on any atom is -0.317 e. The number of halogens is 1. The molecule has 0 spiro atoms. The maximum atomic E-state index is 5.93. The van der Waals surface area contributed by atoms with Crippen LogP contribution in [0.1, 0.15) is 30.6 Å². The third kappa shape index (κ3) is 3.20. The van der Waals surface area contributed by atoms with E-state index in [1.54, 1.807) is 11.3 Å². The Labute approximate surface area is 101 Å². The maximum Gasteiger partial charge on any atom is 0.0931 e. The normalized spacial score (nSPS) is 26.8. The Morgan fingerprint density at radius 3 is 2.60 bits per heavy atom. The van der Waals surface area contributed by atoms with Crippen LogP contribution in [0.25, 0.3) is 0 Å². The van der Waals surface area contributed by atoms with E-state index in [2.05, 4.69) is 18.4 Å². The Kier molecular flexibility index (Phi) is 4.06. The van der Waals surface area contributed by atoms with Crippen molar-refractivity contribution in [2.24, 2.45) is 5.92 Å². The summed E-state index contributed by atoms with van der Waals surface area (Å²) in [6.07, 6.45) is 6.62. The fourth-order valence-corrected chi connectivity index (χ4v) is 3.60. The van der Waals surface area contributed by atoms with Crippen molar-refractivity contribution in [3.8, 4) is 0 Å². The molecular weight excluding hydrogens is 226 g/mol. The molecule has 0 bridgehead atoms. The highest BCUT2D eigenvalue weighted by atomic mass is 35.5. The van der Waals surface area contributed by atoms with Crippen LogP contribution in [0.15, 0.2) is 12.1 Å². The van der Waals surface area contributed by atoms with Crippen molar-refractivity contribution in [1.29, 1.82) is 0 Å². The van der Waals surface area contributed by atoms with E-state index in [0.717, 1.165) is 16.3 Å². The van der Waals surface area contributed by atoms with E-state index in [-0.39, 0.29) is 0 Å². The molecule has 0 atom stereocenters. The molecule has 0 amide bonds. The van der Waals surface area contributed by atoms with Crippen molar-refractivity contribution in [1.82, 2.24) is 5.32 Å². The van der Waals surface area contributed by atoms with Crippen molar-refractivity contribution in [3.63, 3.8) is 0 Å². The van der Waals surface area contributed by atoms with Crippen LogP contribution in [0.4, 0.5) is 0 Å². The first-order chi connectivity index (χ1) is 7.28. The third-order valence-electron chi connectivity index (χ3n) is 3.37. The van der Waals surface area contributed by atoms with Crippen molar-refractivity contribution in [2.75, 3.05) is 7.05 Å². The van der Waals surface area contributed by atoms with E-state index < -0.39 is 0 Å². The molecule has 1 aliphatic carbocycles. The second kappa shape index (κ2) is 5.33. The van der Waals surface area contributed by atoms with E-state index in [1.807, 2.05) is 6.07 Å². The molecule has 1 fully saturated rings. The fourth-order valence-electron chi connectivity index (χ4n) is 2.40. The maximum absolute atomic E-state index is 5.93. The Hall–Kier alpha value is -0.0500. The van der Waals surface area contributed by atoms with Gasteiger partial charge < -0.3 is 5.32 Å². The van der Waals surface area contributed by atoms with Gasteiger partial charge in [0.15, 0.2) is 0 Å². The zero-order chi connectivity index (χ0) is 10.7. The molecule has 2 rings (SSSR count). The summed E-state index contributed by atoms with van der Waals surface area (Å²) < 4.78 is 0.925. The van der Waals surface area contributed by atoms with Crippen LogP contribution < -0.4 is 5.32 Å². The highest BCUT2D eigenvalue weighted by molar-refractivity contribution is 7.16. The zero-order valence-electron chi connectivity index (χ0n) is 9.13. The van der Waals surface area contributed by atoms with Gasteiger partial charge in [0.2, 0.25) is 0 Å². The minimum absolute atomic E-state index is 0.758. The summed E-state index contributed by atoms with van der Waals surface area (Å²) in [7, 11) is 2.07. The molecule has 0 radical (unpaired) electrons. The molecule has 1 heterocycles. The van der Waals surface area contributed by atoms with E-state index >= 15 is 0 Å². The molecule has 1 aliphatic rings. The molecule has 0 aliphatic heterocycles. The SMILES string of the molecule is CNC1CCC(Cc2ccc(Cl)s2)CC1. The Morgan fingerprint density at radius 1 is 1.33 bits per heavy atom. The third-order valence-corrected chi connectivity index (χ3v) is 4.63. The number of thiophene rings is 1. The quantitative estimate of drug-likeness (QED) is 0.853. The van der Waals surface area contributed by atoms with Crippen molar-refractivity contribution >= 4 is 22.9 Å². The highest BCUT2D eigenvalue weighted by Crippen LogP contribution is 2.30. The lowest BCUT2D eigenvalue weighted by atomic mass is 9.84. The average Bonchev–Trinajstić information content (AvgIpc) is 2.65. The predicted molar refractivity (Wildman–Crippen MR) is 67.8 cm³/mol. The molecule has 1 N–H and O–H groups in total. The molecule has 1 aromatic heterocycles. The Bertz CT molecular complexity index is 302. The zero-order valence-corrected chi connectivity index (χ0v) is 10.7. The summed E-state index contributed by atoms with van der Waals surface area (Å²) >= 11 is 7.67.